The molecule has 1 aliphatic carbocycles. The Hall–Kier alpha value is -2.39. The first-order valence-electron chi connectivity index (χ1n) is 8.17. The smallest absolute Gasteiger partial charge is 0.434 e. The van der Waals surface area contributed by atoms with Gasteiger partial charge >= 0.3 is 12.3 Å². The van der Waals surface area contributed by atoms with Crippen LogP contribution in [0.3, 0.4) is 0 Å². The number of piperidine rings is 1. The molecule has 0 bridgehead atoms. The molecule has 1 aromatic rings. The molecule has 3 rings (SSSR count). The summed E-state index contributed by atoms with van der Waals surface area (Å²) < 4.78 is 43.5. The maximum atomic E-state index is 12.7. The summed E-state index contributed by atoms with van der Waals surface area (Å²) in [6, 6.07) is -0.863. The van der Waals surface area contributed by atoms with E-state index in [2.05, 4.69) is 15.3 Å². The summed E-state index contributed by atoms with van der Waals surface area (Å²) in [5.41, 5.74) is -1.91. The van der Waals surface area contributed by atoms with Gasteiger partial charge in [0.2, 0.25) is 5.91 Å². The minimum atomic E-state index is -4.66. The lowest BCUT2D eigenvalue weighted by Crippen LogP contribution is -2.47. The average Bonchev–Trinajstić information content (AvgIpc) is 3.14. The number of carbonyl (C=O) groups excluding carboxylic acids is 2. The van der Waals surface area contributed by atoms with Crippen molar-refractivity contribution in [2.24, 2.45) is 5.92 Å². The second kappa shape index (κ2) is 6.10. The number of nitrogens with zero attached hydrogens (tertiary/aromatic N) is 3. The first kappa shape index (κ1) is 18.4. The Kier molecular flexibility index (Phi) is 4.32. The molecule has 1 aromatic heterocycles. The second-order valence-electron chi connectivity index (χ2n) is 7.48. The van der Waals surface area contributed by atoms with Crippen molar-refractivity contribution in [3.05, 3.63) is 18.1 Å². The molecular formula is C16H19F3N4O3. The molecule has 3 atom stereocenters. The van der Waals surface area contributed by atoms with Crippen LogP contribution in [0.15, 0.2) is 12.4 Å². The molecule has 1 saturated carbocycles. The predicted molar refractivity (Wildman–Crippen MR) is 84.0 cm³/mol. The van der Waals surface area contributed by atoms with E-state index in [1.54, 1.807) is 20.8 Å². The number of hydrogen-bond donors (Lipinski definition) is 1. The van der Waals surface area contributed by atoms with Crippen molar-refractivity contribution in [1.82, 2.24) is 14.9 Å². The van der Waals surface area contributed by atoms with Crippen LogP contribution in [-0.4, -0.2) is 44.6 Å². The molecule has 0 aromatic carbocycles. The number of halogens is 3. The van der Waals surface area contributed by atoms with Gasteiger partial charge in [-0.1, -0.05) is 0 Å². The summed E-state index contributed by atoms with van der Waals surface area (Å²) in [5, 5.41) is 2.32. The maximum absolute atomic E-state index is 12.7. The van der Waals surface area contributed by atoms with E-state index in [4.69, 9.17) is 4.74 Å². The van der Waals surface area contributed by atoms with Gasteiger partial charge in [-0.2, -0.15) is 13.2 Å². The van der Waals surface area contributed by atoms with Gasteiger partial charge in [0.25, 0.3) is 0 Å². The SMILES string of the molecule is CC(C)(C)OC(=O)N1[C@@H]2C[C@@H]2C[C@H]1C(=O)Nc1cncc(C(F)(F)F)n1. The normalized spacial score (nSPS) is 24.8. The monoisotopic (exact) mass is 372 g/mol. The number of likely N-dealkylation sites (tertiary alicyclic amines) is 1. The largest absolute Gasteiger partial charge is 0.444 e. The van der Waals surface area contributed by atoms with Crippen molar-refractivity contribution in [3.63, 3.8) is 0 Å². The van der Waals surface area contributed by atoms with Crippen molar-refractivity contribution in [1.29, 1.82) is 0 Å². The summed E-state index contributed by atoms with van der Waals surface area (Å²) in [5.74, 6) is -0.697. The van der Waals surface area contributed by atoms with Crippen LogP contribution in [0, 0.1) is 5.92 Å². The lowest BCUT2D eigenvalue weighted by molar-refractivity contribution is -0.141. The molecule has 1 aliphatic heterocycles. The fourth-order valence-corrected chi connectivity index (χ4v) is 3.04. The van der Waals surface area contributed by atoms with Crippen LogP contribution in [0.4, 0.5) is 23.8 Å². The van der Waals surface area contributed by atoms with E-state index in [-0.39, 0.29) is 17.8 Å². The third-order valence-electron chi connectivity index (χ3n) is 4.19. The van der Waals surface area contributed by atoms with Crippen LogP contribution >= 0.6 is 0 Å². The van der Waals surface area contributed by atoms with Crippen molar-refractivity contribution < 1.29 is 27.5 Å². The zero-order valence-corrected chi connectivity index (χ0v) is 14.5. The number of rotatable bonds is 2. The number of nitrogens with one attached hydrogen (secondary N) is 1. The number of aromatic nitrogens is 2. The van der Waals surface area contributed by atoms with E-state index < -0.39 is 35.5 Å². The first-order valence-corrected chi connectivity index (χ1v) is 8.17. The number of hydrogen-bond acceptors (Lipinski definition) is 5. The van der Waals surface area contributed by atoms with Gasteiger partial charge in [0.1, 0.15) is 11.6 Å². The predicted octanol–water partition coefficient (Wildman–Crippen LogP) is 2.83. The number of fused-ring (bicyclic) bond motifs is 1. The molecule has 0 spiro atoms. The van der Waals surface area contributed by atoms with Crippen LogP contribution in [0.5, 0.6) is 0 Å². The Labute approximate surface area is 147 Å². The summed E-state index contributed by atoms with van der Waals surface area (Å²) >= 11 is 0. The van der Waals surface area contributed by atoms with Crippen LogP contribution in [0.1, 0.15) is 39.3 Å². The van der Waals surface area contributed by atoms with E-state index in [1.165, 1.54) is 4.90 Å². The molecule has 1 N–H and O–H groups in total. The molecule has 10 heteroatoms. The molecule has 1 saturated heterocycles. The number of alkyl halides is 3. The lowest BCUT2D eigenvalue weighted by atomic mass is 10.1. The standard InChI is InChI=1S/C16H19F3N4O3/c1-15(2,3)26-14(25)23-9-4-8(9)5-10(23)13(24)22-12-7-20-6-11(21-12)16(17,18)19/h6-10H,4-5H2,1-3H3,(H,21,22,24)/t8-,9-,10+/m1/s1. The Morgan fingerprint density at radius 3 is 2.54 bits per heavy atom. The fraction of sp³-hybridized carbons (Fsp3) is 0.625. The summed E-state index contributed by atoms with van der Waals surface area (Å²) in [6.45, 7) is 5.16. The lowest BCUT2D eigenvalue weighted by Gasteiger charge is -2.29. The highest BCUT2D eigenvalue weighted by Crippen LogP contribution is 2.48. The molecule has 2 aliphatic rings. The Morgan fingerprint density at radius 1 is 1.23 bits per heavy atom. The van der Waals surface area contributed by atoms with Gasteiger partial charge in [0.15, 0.2) is 11.5 Å². The highest BCUT2D eigenvalue weighted by atomic mass is 19.4. The quantitative estimate of drug-likeness (QED) is 0.863. The van der Waals surface area contributed by atoms with Crippen molar-refractivity contribution >= 4 is 17.8 Å². The van der Waals surface area contributed by atoms with Gasteiger partial charge in [-0.05, 0) is 39.5 Å². The average molecular weight is 372 g/mol. The van der Waals surface area contributed by atoms with Gasteiger partial charge in [-0.25, -0.2) is 9.78 Å². The van der Waals surface area contributed by atoms with Crippen LogP contribution in [-0.2, 0) is 15.7 Å². The van der Waals surface area contributed by atoms with Gasteiger partial charge in [-0.3, -0.25) is 14.7 Å². The zero-order chi connectivity index (χ0) is 19.3. The third kappa shape index (κ3) is 3.88. The van der Waals surface area contributed by atoms with Gasteiger partial charge in [-0.15, -0.1) is 0 Å². The molecule has 2 fully saturated rings. The van der Waals surface area contributed by atoms with Crippen LogP contribution in [0.25, 0.3) is 0 Å². The molecule has 0 radical (unpaired) electrons. The molecule has 0 unspecified atom stereocenters. The summed E-state index contributed by atoms with van der Waals surface area (Å²) in [4.78, 5) is 33.1. The minimum Gasteiger partial charge on any atom is -0.444 e. The molecule has 2 heterocycles. The van der Waals surface area contributed by atoms with Gasteiger partial charge in [0.05, 0.1) is 12.4 Å². The topological polar surface area (TPSA) is 84.4 Å². The zero-order valence-electron chi connectivity index (χ0n) is 14.5. The first-order chi connectivity index (χ1) is 12.0. The van der Waals surface area contributed by atoms with E-state index in [0.717, 1.165) is 12.6 Å². The molecule has 26 heavy (non-hydrogen) atoms. The highest BCUT2D eigenvalue weighted by molar-refractivity contribution is 5.96. The number of anilines is 1. The van der Waals surface area contributed by atoms with Gasteiger partial charge in [0, 0.05) is 6.04 Å². The van der Waals surface area contributed by atoms with Gasteiger partial charge < -0.3 is 10.1 Å². The molecule has 7 nitrogen and oxygen atoms in total. The number of ether oxygens (including phenoxy) is 1. The van der Waals surface area contributed by atoms with Crippen molar-refractivity contribution in [3.8, 4) is 0 Å². The molecule has 2 amide bonds. The van der Waals surface area contributed by atoms with E-state index in [1.807, 2.05) is 0 Å². The van der Waals surface area contributed by atoms with E-state index in [0.29, 0.717) is 12.6 Å². The van der Waals surface area contributed by atoms with E-state index in [9.17, 15) is 22.8 Å². The van der Waals surface area contributed by atoms with E-state index >= 15 is 0 Å². The van der Waals surface area contributed by atoms with Crippen LogP contribution < -0.4 is 5.32 Å². The Morgan fingerprint density at radius 2 is 1.92 bits per heavy atom. The summed E-state index contributed by atoms with van der Waals surface area (Å²) in [6.07, 6.45) is -2.41. The Balaban J connectivity index is 1.72. The van der Waals surface area contributed by atoms with Crippen molar-refractivity contribution in [2.75, 3.05) is 5.32 Å². The molecular weight excluding hydrogens is 353 g/mol. The fourth-order valence-electron chi connectivity index (χ4n) is 3.04. The molecule has 142 valence electrons. The van der Waals surface area contributed by atoms with Crippen molar-refractivity contribution in [2.45, 2.75) is 57.5 Å². The maximum Gasteiger partial charge on any atom is 0.434 e. The van der Waals surface area contributed by atoms with Crippen LogP contribution in [0.2, 0.25) is 0 Å². The number of amides is 2. The Bertz CT molecular complexity index is 732. The summed E-state index contributed by atoms with van der Waals surface area (Å²) in [7, 11) is 0. The third-order valence-corrected chi connectivity index (χ3v) is 4.19. The minimum absolute atomic E-state index is 0.0619. The second-order valence-corrected chi connectivity index (χ2v) is 7.48. The highest BCUT2D eigenvalue weighted by Gasteiger charge is 2.57. The number of carbonyl (C=O) groups is 2.